The van der Waals surface area contributed by atoms with Gasteiger partial charge in [-0.3, -0.25) is 9.59 Å². The van der Waals surface area contributed by atoms with E-state index in [1.165, 1.54) is 30.3 Å². The Hall–Kier alpha value is -3.01. The third-order valence-corrected chi connectivity index (χ3v) is 5.62. The van der Waals surface area contributed by atoms with Gasteiger partial charge >= 0.3 is 0 Å². The van der Waals surface area contributed by atoms with Crippen molar-refractivity contribution in [1.29, 1.82) is 0 Å². The second kappa shape index (κ2) is 12.0. The molecule has 0 heterocycles. The van der Waals surface area contributed by atoms with Crippen LogP contribution in [0.25, 0.3) is 0 Å². The van der Waals surface area contributed by atoms with Gasteiger partial charge in [0.05, 0.1) is 4.90 Å². The quantitative estimate of drug-likeness (QED) is 0.343. The van der Waals surface area contributed by atoms with Crippen LogP contribution < -0.4 is 15.4 Å². The summed E-state index contributed by atoms with van der Waals surface area (Å²) in [7, 11) is -3.66. The Morgan fingerprint density at radius 2 is 1.81 bits per heavy atom. The first-order valence-corrected chi connectivity index (χ1v) is 11.3. The van der Waals surface area contributed by atoms with E-state index in [2.05, 4.69) is 21.9 Å². The zero-order valence-electron chi connectivity index (χ0n) is 17.4. The topological polar surface area (TPSA) is 114 Å². The number of ether oxygens (including phenoxy) is 1. The third-order valence-electron chi connectivity index (χ3n) is 4.18. The zero-order chi connectivity index (χ0) is 22.7. The molecule has 0 aromatic heterocycles. The van der Waals surface area contributed by atoms with E-state index in [0.717, 1.165) is 0 Å². The molecular weight excluding hydrogens is 418 g/mol. The van der Waals surface area contributed by atoms with Gasteiger partial charge in [0, 0.05) is 43.1 Å². The van der Waals surface area contributed by atoms with Gasteiger partial charge < -0.3 is 15.4 Å². The van der Waals surface area contributed by atoms with Crippen LogP contribution in [0.5, 0.6) is 0 Å². The summed E-state index contributed by atoms with van der Waals surface area (Å²) in [5, 5.41) is 5.52. The van der Waals surface area contributed by atoms with E-state index in [-0.39, 0.29) is 22.9 Å². The molecule has 0 saturated carbocycles. The second-order valence-electron chi connectivity index (χ2n) is 6.51. The standard InChI is InChI=1S/C22H27N3O5S/c1-3-13-24-31(28,29)20-11-9-17(10-12-20)22(27)25-19-8-5-7-18(16-19)21(26)23-14-6-15-30-4-2/h3,5,7-12,16,24H,1,4,6,13-15H2,2H3,(H,23,26)(H,25,27). The number of nitrogens with one attached hydrogen (secondary N) is 3. The lowest BCUT2D eigenvalue weighted by atomic mass is 10.1. The molecule has 0 unspecified atom stereocenters. The van der Waals surface area contributed by atoms with Crippen molar-refractivity contribution in [2.24, 2.45) is 0 Å². The highest BCUT2D eigenvalue weighted by atomic mass is 32.2. The van der Waals surface area contributed by atoms with Crippen LogP contribution in [0.1, 0.15) is 34.1 Å². The molecule has 2 aromatic rings. The average molecular weight is 446 g/mol. The summed E-state index contributed by atoms with van der Waals surface area (Å²) in [6.45, 7) is 7.20. The second-order valence-corrected chi connectivity index (χ2v) is 8.27. The Balaban J connectivity index is 1.98. The lowest BCUT2D eigenvalue weighted by Crippen LogP contribution is -2.25. The summed E-state index contributed by atoms with van der Waals surface area (Å²) in [6, 6.07) is 12.1. The first-order valence-electron chi connectivity index (χ1n) is 9.85. The molecule has 0 atom stereocenters. The van der Waals surface area contributed by atoms with Crippen molar-refractivity contribution in [2.75, 3.05) is 31.6 Å². The molecule has 0 fully saturated rings. The first kappa shape index (κ1) is 24.3. The molecule has 2 aromatic carbocycles. The molecule has 9 heteroatoms. The smallest absolute Gasteiger partial charge is 0.255 e. The fourth-order valence-corrected chi connectivity index (χ4v) is 3.60. The van der Waals surface area contributed by atoms with Crippen LogP contribution in [0.2, 0.25) is 0 Å². The van der Waals surface area contributed by atoms with Gasteiger partial charge in [-0.25, -0.2) is 13.1 Å². The highest BCUT2D eigenvalue weighted by molar-refractivity contribution is 7.89. The van der Waals surface area contributed by atoms with Crippen molar-refractivity contribution in [3.63, 3.8) is 0 Å². The highest BCUT2D eigenvalue weighted by Gasteiger charge is 2.14. The van der Waals surface area contributed by atoms with Crippen LogP contribution in [-0.2, 0) is 14.8 Å². The maximum Gasteiger partial charge on any atom is 0.255 e. The van der Waals surface area contributed by atoms with Crippen LogP contribution in [0.15, 0.2) is 66.1 Å². The Bertz CT molecular complexity index is 1000. The molecule has 166 valence electrons. The SMILES string of the molecule is C=CCNS(=O)(=O)c1ccc(C(=O)Nc2cccc(C(=O)NCCCOCC)c2)cc1. The minimum atomic E-state index is -3.66. The van der Waals surface area contributed by atoms with Gasteiger partial charge in [-0.2, -0.15) is 0 Å². The molecule has 2 rings (SSSR count). The average Bonchev–Trinajstić information content (AvgIpc) is 2.77. The molecule has 0 spiro atoms. The van der Waals surface area contributed by atoms with Crippen LogP contribution in [0, 0.1) is 0 Å². The lowest BCUT2D eigenvalue weighted by Gasteiger charge is -2.09. The summed E-state index contributed by atoms with van der Waals surface area (Å²) < 4.78 is 31.8. The number of carbonyl (C=O) groups excluding carboxylic acids is 2. The van der Waals surface area contributed by atoms with Gasteiger partial charge in [0.2, 0.25) is 10.0 Å². The minimum absolute atomic E-state index is 0.0499. The van der Waals surface area contributed by atoms with Crippen molar-refractivity contribution < 1.29 is 22.7 Å². The van der Waals surface area contributed by atoms with E-state index in [1.54, 1.807) is 24.3 Å². The predicted octanol–water partition coefficient (Wildman–Crippen LogP) is 2.56. The van der Waals surface area contributed by atoms with E-state index in [1.807, 2.05) is 6.92 Å². The van der Waals surface area contributed by atoms with Gasteiger partial charge in [0.25, 0.3) is 11.8 Å². The summed E-state index contributed by atoms with van der Waals surface area (Å²) >= 11 is 0. The molecule has 0 aliphatic carbocycles. The first-order chi connectivity index (χ1) is 14.9. The molecule has 3 N–H and O–H groups in total. The maximum absolute atomic E-state index is 12.5. The van der Waals surface area contributed by atoms with Gasteiger partial charge in [-0.05, 0) is 55.8 Å². The lowest BCUT2D eigenvalue weighted by molar-refractivity contribution is 0.0943. The van der Waals surface area contributed by atoms with E-state index < -0.39 is 15.9 Å². The van der Waals surface area contributed by atoms with Gasteiger partial charge in [0.15, 0.2) is 0 Å². The van der Waals surface area contributed by atoms with Crippen LogP contribution in [0.3, 0.4) is 0 Å². The number of rotatable bonds is 12. The van der Waals surface area contributed by atoms with Gasteiger partial charge in [0.1, 0.15) is 0 Å². The molecule has 2 amide bonds. The fourth-order valence-electron chi connectivity index (χ4n) is 2.60. The van der Waals surface area contributed by atoms with Crippen LogP contribution in [-0.4, -0.2) is 46.5 Å². The normalized spacial score (nSPS) is 11.0. The number of anilines is 1. The zero-order valence-corrected chi connectivity index (χ0v) is 18.2. The molecule has 0 bridgehead atoms. The number of carbonyl (C=O) groups is 2. The largest absolute Gasteiger partial charge is 0.382 e. The van der Waals surface area contributed by atoms with Gasteiger partial charge in [-0.15, -0.1) is 6.58 Å². The minimum Gasteiger partial charge on any atom is -0.382 e. The molecule has 31 heavy (non-hydrogen) atoms. The number of benzene rings is 2. The maximum atomic E-state index is 12.5. The van der Waals surface area contributed by atoms with Crippen molar-refractivity contribution >= 4 is 27.5 Å². The van der Waals surface area contributed by atoms with Crippen molar-refractivity contribution in [2.45, 2.75) is 18.2 Å². The number of hydrogen-bond donors (Lipinski definition) is 3. The Morgan fingerprint density at radius 3 is 2.48 bits per heavy atom. The Morgan fingerprint density at radius 1 is 1.06 bits per heavy atom. The summed E-state index contributed by atoms with van der Waals surface area (Å²) in [5.74, 6) is -0.661. The molecular formula is C22H27N3O5S. The Labute approximate surface area is 182 Å². The van der Waals surface area contributed by atoms with Crippen LogP contribution in [0.4, 0.5) is 5.69 Å². The number of sulfonamides is 1. The van der Waals surface area contributed by atoms with Crippen molar-refractivity contribution in [1.82, 2.24) is 10.0 Å². The third kappa shape index (κ3) is 7.63. The number of amides is 2. The Kier molecular flexibility index (Phi) is 9.39. The summed E-state index contributed by atoms with van der Waals surface area (Å²) in [5.41, 5.74) is 1.16. The van der Waals surface area contributed by atoms with E-state index in [0.29, 0.717) is 37.4 Å². The van der Waals surface area contributed by atoms with Crippen LogP contribution >= 0.6 is 0 Å². The van der Waals surface area contributed by atoms with Gasteiger partial charge in [-0.1, -0.05) is 12.1 Å². The van der Waals surface area contributed by atoms with Crippen molar-refractivity contribution in [3.8, 4) is 0 Å². The summed E-state index contributed by atoms with van der Waals surface area (Å²) in [4.78, 5) is 24.8. The molecule has 0 radical (unpaired) electrons. The highest BCUT2D eigenvalue weighted by Crippen LogP contribution is 2.15. The molecule has 0 aliphatic heterocycles. The summed E-state index contributed by atoms with van der Waals surface area (Å²) in [6.07, 6.45) is 2.15. The number of hydrogen-bond acceptors (Lipinski definition) is 5. The molecule has 8 nitrogen and oxygen atoms in total. The van der Waals surface area contributed by atoms with E-state index >= 15 is 0 Å². The van der Waals surface area contributed by atoms with E-state index in [9.17, 15) is 18.0 Å². The predicted molar refractivity (Wildman–Crippen MR) is 120 cm³/mol. The van der Waals surface area contributed by atoms with Crippen molar-refractivity contribution in [3.05, 3.63) is 72.3 Å². The molecule has 0 saturated heterocycles. The van der Waals surface area contributed by atoms with E-state index in [4.69, 9.17) is 4.74 Å². The molecule has 0 aliphatic rings. The monoisotopic (exact) mass is 445 g/mol. The fraction of sp³-hybridized carbons (Fsp3) is 0.273.